The van der Waals surface area contributed by atoms with E-state index in [-0.39, 0.29) is 11.9 Å². The van der Waals surface area contributed by atoms with Crippen molar-refractivity contribution in [1.82, 2.24) is 20.3 Å². The van der Waals surface area contributed by atoms with E-state index in [4.69, 9.17) is 4.98 Å². The molecule has 3 heterocycles. The molecule has 2 aromatic heterocycles. The first-order valence-corrected chi connectivity index (χ1v) is 10.8. The van der Waals surface area contributed by atoms with Gasteiger partial charge in [0.05, 0.1) is 10.4 Å². The van der Waals surface area contributed by atoms with Crippen LogP contribution in [-0.2, 0) is 11.3 Å². The fourth-order valence-corrected chi connectivity index (χ4v) is 5.19. The number of hydrogen-bond acceptors (Lipinski definition) is 6. The minimum absolute atomic E-state index is 0.0749. The summed E-state index contributed by atoms with van der Waals surface area (Å²) in [6.45, 7) is 1.41. The Labute approximate surface area is 168 Å². The molecule has 0 unspecified atom stereocenters. The van der Waals surface area contributed by atoms with Crippen molar-refractivity contribution < 1.29 is 4.79 Å². The Morgan fingerprint density at radius 2 is 2.00 bits per heavy atom. The van der Waals surface area contributed by atoms with Crippen LogP contribution >= 0.6 is 11.3 Å². The van der Waals surface area contributed by atoms with Crippen molar-refractivity contribution in [3.05, 3.63) is 47.9 Å². The molecule has 2 aliphatic rings. The normalized spacial score (nSPS) is 19.7. The Morgan fingerprint density at radius 3 is 2.79 bits per heavy atom. The maximum atomic E-state index is 12.8. The lowest BCUT2D eigenvalue weighted by Crippen LogP contribution is -2.43. The van der Waals surface area contributed by atoms with E-state index in [1.807, 2.05) is 30.3 Å². The maximum absolute atomic E-state index is 12.8. The largest absolute Gasteiger partial charge is 0.350 e. The number of nitrogens with zero attached hydrogens (tertiary/aromatic N) is 4. The van der Waals surface area contributed by atoms with Crippen LogP contribution in [0.3, 0.4) is 0 Å². The van der Waals surface area contributed by atoms with Crippen molar-refractivity contribution in [1.29, 1.82) is 0 Å². The topological polar surface area (TPSA) is 71.0 Å². The Balaban J connectivity index is 1.35. The Bertz CT molecular complexity index is 985. The number of nitrogens with one attached hydrogen (secondary N) is 1. The Hall–Kier alpha value is -2.54. The monoisotopic (exact) mass is 393 g/mol. The molecule has 1 aliphatic carbocycles. The van der Waals surface area contributed by atoms with Gasteiger partial charge in [-0.15, -0.1) is 0 Å². The standard InChI is InChI=1S/C21H23N5OS/c27-20(22-12-14-6-2-1-3-7-14)16-10-5-11-26(16)21-25-19-18(28-21)17(23-13-24-19)15-8-4-9-15/h1-3,6-7,13,15-16H,4-5,8-12H2,(H,22,27)/t16-/m1/s1. The molecule has 144 valence electrons. The van der Waals surface area contributed by atoms with Crippen LogP contribution in [0.4, 0.5) is 5.13 Å². The van der Waals surface area contributed by atoms with E-state index in [0.29, 0.717) is 12.5 Å². The highest BCUT2D eigenvalue weighted by molar-refractivity contribution is 7.22. The number of benzene rings is 1. The van der Waals surface area contributed by atoms with Crippen molar-refractivity contribution in [3.8, 4) is 0 Å². The highest BCUT2D eigenvalue weighted by atomic mass is 32.1. The van der Waals surface area contributed by atoms with Gasteiger partial charge < -0.3 is 10.2 Å². The minimum atomic E-state index is -0.163. The van der Waals surface area contributed by atoms with Crippen molar-refractivity contribution in [2.24, 2.45) is 0 Å². The average Bonchev–Trinajstić information content (AvgIpc) is 3.32. The van der Waals surface area contributed by atoms with E-state index < -0.39 is 0 Å². The molecule has 1 N–H and O–H groups in total. The van der Waals surface area contributed by atoms with Gasteiger partial charge >= 0.3 is 0 Å². The minimum Gasteiger partial charge on any atom is -0.350 e. The van der Waals surface area contributed by atoms with Gasteiger partial charge in [-0.3, -0.25) is 4.79 Å². The molecule has 7 heteroatoms. The van der Waals surface area contributed by atoms with Crippen LogP contribution in [0.15, 0.2) is 36.7 Å². The number of thiazole rings is 1. The number of rotatable bonds is 5. The van der Waals surface area contributed by atoms with E-state index in [1.54, 1.807) is 17.7 Å². The third-order valence-corrected chi connectivity index (χ3v) is 6.91. The maximum Gasteiger partial charge on any atom is 0.243 e. The highest BCUT2D eigenvalue weighted by Gasteiger charge is 2.33. The molecule has 1 atom stereocenters. The fraction of sp³-hybridized carbons (Fsp3) is 0.429. The molecule has 2 fully saturated rings. The molecule has 1 amide bonds. The van der Waals surface area contributed by atoms with Crippen molar-refractivity contribution in [2.75, 3.05) is 11.4 Å². The summed E-state index contributed by atoms with van der Waals surface area (Å²) in [6, 6.07) is 9.86. The lowest BCUT2D eigenvalue weighted by Gasteiger charge is -2.24. The van der Waals surface area contributed by atoms with Crippen molar-refractivity contribution >= 4 is 32.7 Å². The van der Waals surface area contributed by atoms with Gasteiger partial charge in [-0.2, -0.15) is 4.98 Å². The summed E-state index contributed by atoms with van der Waals surface area (Å²) < 4.78 is 1.09. The zero-order valence-corrected chi connectivity index (χ0v) is 16.5. The first kappa shape index (κ1) is 17.6. The molecule has 1 saturated carbocycles. The fourth-order valence-electron chi connectivity index (χ4n) is 4.03. The number of amides is 1. The first-order chi connectivity index (χ1) is 13.8. The van der Waals surface area contributed by atoms with Crippen LogP contribution in [0, 0.1) is 0 Å². The lowest BCUT2D eigenvalue weighted by atomic mass is 9.83. The van der Waals surface area contributed by atoms with Crippen molar-refractivity contribution in [2.45, 2.75) is 50.6 Å². The van der Waals surface area contributed by atoms with E-state index in [0.717, 1.165) is 46.1 Å². The summed E-state index contributed by atoms with van der Waals surface area (Å²) in [6.07, 6.45) is 7.17. The van der Waals surface area contributed by atoms with Crippen LogP contribution in [0.1, 0.15) is 49.3 Å². The van der Waals surface area contributed by atoms with Gasteiger partial charge in [-0.1, -0.05) is 48.1 Å². The van der Waals surface area contributed by atoms with Crippen molar-refractivity contribution in [3.63, 3.8) is 0 Å². The summed E-state index contributed by atoms with van der Waals surface area (Å²) in [5, 5.41) is 3.99. The first-order valence-electron chi connectivity index (χ1n) is 9.99. The van der Waals surface area contributed by atoms with E-state index in [9.17, 15) is 4.79 Å². The molecular formula is C21H23N5OS. The predicted molar refractivity (Wildman–Crippen MR) is 110 cm³/mol. The Kier molecular flexibility index (Phi) is 4.68. The van der Waals surface area contributed by atoms with Gasteiger partial charge in [-0.25, -0.2) is 9.97 Å². The SMILES string of the molecule is O=C(NCc1ccccc1)[C@H]1CCCN1c1nc2ncnc(C3CCC3)c2s1. The molecule has 6 nitrogen and oxygen atoms in total. The second-order valence-electron chi connectivity index (χ2n) is 7.59. The van der Waals surface area contributed by atoms with E-state index >= 15 is 0 Å². The van der Waals surface area contributed by atoms with Gasteiger partial charge in [0.1, 0.15) is 12.4 Å². The lowest BCUT2D eigenvalue weighted by molar-refractivity contribution is -0.122. The van der Waals surface area contributed by atoms with E-state index in [1.165, 1.54) is 19.3 Å². The average molecular weight is 394 g/mol. The molecule has 0 spiro atoms. The zero-order chi connectivity index (χ0) is 18.9. The van der Waals surface area contributed by atoms with Crippen LogP contribution in [0.5, 0.6) is 0 Å². The molecule has 0 bridgehead atoms. The van der Waals surface area contributed by atoms with Crippen LogP contribution in [0.25, 0.3) is 10.3 Å². The number of carbonyl (C=O) groups is 1. The number of hydrogen-bond donors (Lipinski definition) is 1. The van der Waals surface area contributed by atoms with Crippen LogP contribution in [0.2, 0.25) is 0 Å². The van der Waals surface area contributed by atoms with Crippen LogP contribution < -0.4 is 10.2 Å². The summed E-state index contributed by atoms with van der Waals surface area (Å²) in [5.41, 5.74) is 3.03. The molecule has 0 radical (unpaired) electrons. The van der Waals surface area contributed by atoms with E-state index in [2.05, 4.69) is 20.2 Å². The van der Waals surface area contributed by atoms with Gasteiger partial charge in [0.2, 0.25) is 5.91 Å². The zero-order valence-electron chi connectivity index (χ0n) is 15.7. The molecule has 28 heavy (non-hydrogen) atoms. The number of aromatic nitrogens is 3. The molecule has 1 aliphatic heterocycles. The summed E-state index contributed by atoms with van der Waals surface area (Å²) in [5.74, 6) is 0.619. The molecule has 1 saturated heterocycles. The molecular weight excluding hydrogens is 370 g/mol. The molecule has 3 aromatic rings. The second-order valence-corrected chi connectivity index (χ2v) is 8.57. The summed E-state index contributed by atoms with van der Waals surface area (Å²) >= 11 is 1.64. The number of anilines is 1. The quantitative estimate of drug-likeness (QED) is 0.717. The summed E-state index contributed by atoms with van der Waals surface area (Å²) in [7, 11) is 0. The molecule has 5 rings (SSSR count). The van der Waals surface area contributed by atoms with Crippen LogP contribution in [-0.4, -0.2) is 33.4 Å². The second kappa shape index (κ2) is 7.47. The smallest absolute Gasteiger partial charge is 0.243 e. The summed E-state index contributed by atoms with van der Waals surface area (Å²) in [4.78, 5) is 28.7. The van der Waals surface area contributed by atoms with Gasteiger partial charge in [0.25, 0.3) is 0 Å². The van der Waals surface area contributed by atoms with Gasteiger partial charge in [0.15, 0.2) is 10.8 Å². The van der Waals surface area contributed by atoms with Gasteiger partial charge in [-0.05, 0) is 31.2 Å². The highest BCUT2D eigenvalue weighted by Crippen LogP contribution is 2.41. The third-order valence-electron chi connectivity index (χ3n) is 5.81. The number of carbonyl (C=O) groups excluding carboxylic acids is 1. The number of fused-ring (bicyclic) bond motifs is 1. The predicted octanol–water partition coefficient (Wildman–Crippen LogP) is 3.64. The third kappa shape index (κ3) is 3.24. The molecule has 1 aromatic carbocycles. The van der Waals surface area contributed by atoms with Gasteiger partial charge in [0, 0.05) is 19.0 Å². The Morgan fingerprint density at radius 1 is 1.14 bits per heavy atom.